The normalized spacial score (nSPS) is 19.0. The van der Waals surface area contributed by atoms with Crippen LogP contribution in [0, 0.1) is 5.92 Å². The highest BCUT2D eigenvalue weighted by atomic mass is 16.6. The highest BCUT2D eigenvalue weighted by Gasteiger charge is 2.37. The first-order chi connectivity index (χ1) is 10.5. The first-order valence-corrected chi connectivity index (χ1v) is 8.65. The summed E-state index contributed by atoms with van der Waals surface area (Å²) >= 11 is 0. The Morgan fingerprint density at radius 1 is 1.18 bits per heavy atom. The van der Waals surface area contributed by atoms with Gasteiger partial charge in [0.25, 0.3) is 0 Å². The average molecular weight is 310 g/mol. The lowest BCUT2D eigenvalue weighted by Gasteiger charge is -2.39. The van der Waals surface area contributed by atoms with Crippen molar-refractivity contribution < 1.29 is 19.4 Å². The van der Waals surface area contributed by atoms with E-state index in [1.807, 2.05) is 0 Å². The summed E-state index contributed by atoms with van der Waals surface area (Å²) < 4.78 is 5.75. The zero-order valence-corrected chi connectivity index (χ0v) is 14.0. The van der Waals surface area contributed by atoms with Gasteiger partial charge in [0.15, 0.2) is 0 Å². The second kappa shape index (κ2) is 9.65. The fraction of sp³-hybridized carbons (Fsp3) is 0.778. The Bertz CT molecular complexity index is 381. The highest BCUT2D eigenvalue weighted by molar-refractivity contribution is 5.90. The van der Waals surface area contributed by atoms with E-state index in [0.717, 1.165) is 50.7 Å². The van der Waals surface area contributed by atoms with Crippen molar-refractivity contribution in [3.8, 4) is 0 Å². The summed E-state index contributed by atoms with van der Waals surface area (Å²) in [5.41, 5.74) is -0.382. The van der Waals surface area contributed by atoms with Crippen LogP contribution in [0.15, 0.2) is 12.2 Å². The van der Waals surface area contributed by atoms with Gasteiger partial charge in [0.05, 0.1) is 0 Å². The van der Waals surface area contributed by atoms with E-state index in [0.29, 0.717) is 5.92 Å². The maximum absolute atomic E-state index is 11.9. The Kier molecular flexibility index (Phi) is 8.21. The van der Waals surface area contributed by atoms with Gasteiger partial charge in [-0.2, -0.15) is 0 Å². The maximum Gasteiger partial charge on any atom is 0.331 e. The van der Waals surface area contributed by atoms with E-state index in [2.05, 4.69) is 13.8 Å². The zero-order chi connectivity index (χ0) is 16.4. The minimum Gasteiger partial charge on any atom is -0.478 e. The molecule has 0 amide bonds. The molecule has 4 nitrogen and oxygen atoms in total. The number of aliphatic carboxylic acids is 1. The zero-order valence-electron chi connectivity index (χ0n) is 14.0. The lowest BCUT2D eigenvalue weighted by Crippen LogP contribution is -2.39. The molecule has 1 unspecified atom stereocenters. The SMILES string of the molecule is CCCCC(CC)CC1(OC(=O)/C=C/C(=O)O)CCCCC1. The number of esters is 1. The molecule has 1 saturated carbocycles. The van der Waals surface area contributed by atoms with E-state index in [4.69, 9.17) is 9.84 Å². The van der Waals surface area contributed by atoms with Gasteiger partial charge in [-0.3, -0.25) is 0 Å². The molecule has 1 rings (SSSR count). The second-order valence-corrected chi connectivity index (χ2v) is 6.46. The standard InChI is InChI=1S/C18H30O4/c1-3-5-9-15(4-2)14-18(12-7-6-8-13-18)22-17(21)11-10-16(19)20/h10-11,15H,3-9,12-14H2,1-2H3,(H,19,20)/b11-10+. The van der Waals surface area contributed by atoms with Crippen molar-refractivity contribution in [3.05, 3.63) is 12.2 Å². The van der Waals surface area contributed by atoms with E-state index in [9.17, 15) is 9.59 Å². The summed E-state index contributed by atoms with van der Waals surface area (Å²) in [5, 5.41) is 8.62. The molecule has 1 aliphatic rings. The second-order valence-electron chi connectivity index (χ2n) is 6.46. The van der Waals surface area contributed by atoms with Gasteiger partial charge in [0, 0.05) is 12.2 Å². The summed E-state index contributed by atoms with van der Waals surface area (Å²) in [4.78, 5) is 22.5. The fourth-order valence-corrected chi connectivity index (χ4v) is 3.40. The average Bonchev–Trinajstić information content (AvgIpc) is 2.50. The molecular formula is C18H30O4. The van der Waals surface area contributed by atoms with Gasteiger partial charge in [-0.25, -0.2) is 9.59 Å². The summed E-state index contributed by atoms with van der Waals surface area (Å²) in [7, 11) is 0. The summed E-state index contributed by atoms with van der Waals surface area (Å²) in [6.07, 6.45) is 12.6. The van der Waals surface area contributed by atoms with Gasteiger partial charge < -0.3 is 9.84 Å². The largest absolute Gasteiger partial charge is 0.478 e. The quantitative estimate of drug-likeness (QED) is 0.504. The predicted molar refractivity (Wildman–Crippen MR) is 86.6 cm³/mol. The molecule has 0 heterocycles. The highest BCUT2D eigenvalue weighted by Crippen LogP contribution is 2.39. The number of rotatable bonds is 9. The number of carbonyl (C=O) groups is 2. The van der Waals surface area contributed by atoms with Crippen molar-refractivity contribution in [2.24, 2.45) is 5.92 Å². The Morgan fingerprint density at radius 2 is 1.86 bits per heavy atom. The number of carbonyl (C=O) groups excluding carboxylic acids is 1. The van der Waals surface area contributed by atoms with E-state index in [1.54, 1.807) is 0 Å². The molecule has 0 bridgehead atoms. The molecule has 1 atom stereocenters. The van der Waals surface area contributed by atoms with Crippen LogP contribution >= 0.6 is 0 Å². The molecule has 4 heteroatoms. The van der Waals surface area contributed by atoms with Crippen LogP contribution in [0.4, 0.5) is 0 Å². The summed E-state index contributed by atoms with van der Waals surface area (Å²) in [6.45, 7) is 4.39. The number of hydrogen-bond donors (Lipinski definition) is 1. The van der Waals surface area contributed by atoms with E-state index in [1.165, 1.54) is 25.7 Å². The van der Waals surface area contributed by atoms with Crippen molar-refractivity contribution in [3.63, 3.8) is 0 Å². The lowest BCUT2D eigenvalue weighted by atomic mass is 9.76. The van der Waals surface area contributed by atoms with Gasteiger partial charge in [-0.05, 0) is 38.0 Å². The van der Waals surface area contributed by atoms with Gasteiger partial charge in [-0.1, -0.05) is 46.0 Å². The first kappa shape index (κ1) is 18.7. The monoisotopic (exact) mass is 310 g/mol. The van der Waals surface area contributed by atoms with E-state index < -0.39 is 11.9 Å². The maximum atomic E-state index is 11.9. The fourth-order valence-electron chi connectivity index (χ4n) is 3.40. The number of carboxylic acids is 1. The molecule has 0 spiro atoms. The van der Waals surface area contributed by atoms with Crippen LogP contribution in [0.2, 0.25) is 0 Å². The molecule has 0 aromatic rings. The molecule has 1 fully saturated rings. The van der Waals surface area contributed by atoms with Crippen molar-refractivity contribution in [2.45, 2.75) is 83.7 Å². The molecule has 126 valence electrons. The van der Waals surface area contributed by atoms with Gasteiger partial charge in [0.2, 0.25) is 0 Å². The smallest absolute Gasteiger partial charge is 0.331 e. The minimum atomic E-state index is -1.12. The third-order valence-corrected chi connectivity index (χ3v) is 4.65. The Morgan fingerprint density at radius 3 is 2.41 bits per heavy atom. The van der Waals surface area contributed by atoms with Crippen LogP contribution in [0.5, 0.6) is 0 Å². The van der Waals surface area contributed by atoms with Crippen molar-refractivity contribution in [1.29, 1.82) is 0 Å². The molecule has 0 radical (unpaired) electrons. The number of unbranched alkanes of at least 4 members (excludes halogenated alkanes) is 1. The van der Waals surface area contributed by atoms with E-state index >= 15 is 0 Å². The topological polar surface area (TPSA) is 63.6 Å². The van der Waals surface area contributed by atoms with Crippen LogP contribution in [0.25, 0.3) is 0 Å². The predicted octanol–water partition coefficient (Wildman–Crippen LogP) is 4.48. The summed E-state index contributed by atoms with van der Waals surface area (Å²) in [6, 6.07) is 0. The number of hydrogen-bond acceptors (Lipinski definition) is 3. The van der Waals surface area contributed by atoms with Crippen LogP contribution in [-0.2, 0) is 14.3 Å². The summed E-state index contributed by atoms with van der Waals surface area (Å²) in [5.74, 6) is -1.06. The molecule has 1 aliphatic carbocycles. The molecule has 0 aliphatic heterocycles. The molecule has 1 N–H and O–H groups in total. The van der Waals surface area contributed by atoms with Crippen LogP contribution in [0.1, 0.15) is 78.1 Å². The molecule has 0 aromatic heterocycles. The van der Waals surface area contributed by atoms with Crippen molar-refractivity contribution >= 4 is 11.9 Å². The third-order valence-electron chi connectivity index (χ3n) is 4.65. The van der Waals surface area contributed by atoms with Gasteiger partial charge >= 0.3 is 11.9 Å². The number of carboxylic acid groups (broad SMARTS) is 1. The van der Waals surface area contributed by atoms with Crippen LogP contribution < -0.4 is 0 Å². The molecule has 0 aromatic carbocycles. The lowest BCUT2D eigenvalue weighted by molar-refractivity contribution is -0.160. The Hall–Kier alpha value is -1.32. The van der Waals surface area contributed by atoms with Crippen molar-refractivity contribution in [2.75, 3.05) is 0 Å². The third kappa shape index (κ3) is 6.63. The molecule has 0 saturated heterocycles. The van der Waals surface area contributed by atoms with Gasteiger partial charge in [0.1, 0.15) is 5.60 Å². The Balaban J connectivity index is 2.71. The molecular weight excluding hydrogens is 280 g/mol. The van der Waals surface area contributed by atoms with Crippen LogP contribution in [0.3, 0.4) is 0 Å². The number of ether oxygens (including phenoxy) is 1. The minimum absolute atomic E-state index is 0.382. The first-order valence-electron chi connectivity index (χ1n) is 8.65. The van der Waals surface area contributed by atoms with Gasteiger partial charge in [-0.15, -0.1) is 0 Å². The van der Waals surface area contributed by atoms with E-state index in [-0.39, 0.29) is 5.60 Å². The molecule has 22 heavy (non-hydrogen) atoms. The van der Waals surface area contributed by atoms with Crippen molar-refractivity contribution in [1.82, 2.24) is 0 Å². The van der Waals surface area contributed by atoms with Crippen LogP contribution in [-0.4, -0.2) is 22.6 Å². The Labute approximate surface area is 133 Å².